The molecule has 1 unspecified atom stereocenters. The van der Waals surface area contributed by atoms with Gasteiger partial charge in [0.2, 0.25) is 0 Å². The number of likely N-dealkylation sites (N-methyl/N-ethyl adjacent to an activating group) is 1. The second-order valence-corrected chi connectivity index (χ2v) is 3.46. The molecule has 4 nitrogen and oxygen atoms in total. The highest BCUT2D eigenvalue weighted by Crippen LogP contribution is 2.29. The van der Waals surface area contributed by atoms with Gasteiger partial charge in [-0.15, -0.1) is 0 Å². The van der Waals surface area contributed by atoms with Gasteiger partial charge in [0.05, 0.1) is 14.2 Å². The van der Waals surface area contributed by atoms with Crippen molar-refractivity contribution in [3.05, 3.63) is 23.8 Å². The maximum absolute atomic E-state index is 5.72. The molecule has 4 heteroatoms. The van der Waals surface area contributed by atoms with Crippen LogP contribution in [0.15, 0.2) is 18.2 Å². The molecule has 0 amide bonds. The first-order chi connectivity index (χ1) is 7.76. The molecule has 0 fully saturated rings. The summed E-state index contributed by atoms with van der Waals surface area (Å²) < 4.78 is 10.4. The van der Waals surface area contributed by atoms with Crippen LogP contribution < -0.4 is 20.5 Å². The van der Waals surface area contributed by atoms with E-state index in [0.717, 1.165) is 23.6 Å². The van der Waals surface area contributed by atoms with Gasteiger partial charge in [0.15, 0.2) is 11.5 Å². The van der Waals surface area contributed by atoms with Crippen LogP contribution in [0.3, 0.4) is 0 Å². The molecule has 0 aliphatic carbocycles. The zero-order chi connectivity index (χ0) is 12.0. The summed E-state index contributed by atoms with van der Waals surface area (Å²) in [4.78, 5) is 0. The molecule has 1 aromatic carbocycles. The fraction of sp³-hybridized carbons (Fsp3) is 0.500. The first-order valence-electron chi connectivity index (χ1n) is 5.42. The monoisotopic (exact) mass is 224 g/mol. The fourth-order valence-corrected chi connectivity index (χ4v) is 1.65. The molecule has 0 bridgehead atoms. The third kappa shape index (κ3) is 2.87. The van der Waals surface area contributed by atoms with Crippen LogP contribution in [0.4, 0.5) is 0 Å². The lowest BCUT2D eigenvalue weighted by Crippen LogP contribution is -2.27. The van der Waals surface area contributed by atoms with Crippen LogP contribution in [-0.2, 0) is 0 Å². The van der Waals surface area contributed by atoms with E-state index < -0.39 is 0 Å². The minimum Gasteiger partial charge on any atom is -0.493 e. The SMILES string of the molecule is CCNC(CN)c1ccc(OC)c(OC)c1. The van der Waals surface area contributed by atoms with Crippen LogP contribution in [0.5, 0.6) is 11.5 Å². The van der Waals surface area contributed by atoms with Crippen molar-refractivity contribution in [3.63, 3.8) is 0 Å². The van der Waals surface area contributed by atoms with Gasteiger partial charge in [-0.3, -0.25) is 0 Å². The normalized spacial score (nSPS) is 12.2. The number of rotatable bonds is 6. The van der Waals surface area contributed by atoms with Crippen molar-refractivity contribution in [1.29, 1.82) is 0 Å². The van der Waals surface area contributed by atoms with Gasteiger partial charge in [0, 0.05) is 12.6 Å². The topological polar surface area (TPSA) is 56.5 Å². The van der Waals surface area contributed by atoms with Crippen molar-refractivity contribution in [3.8, 4) is 11.5 Å². The lowest BCUT2D eigenvalue weighted by molar-refractivity contribution is 0.354. The highest BCUT2D eigenvalue weighted by Gasteiger charge is 2.11. The molecule has 0 aliphatic rings. The summed E-state index contributed by atoms with van der Waals surface area (Å²) in [6, 6.07) is 6.01. The fourth-order valence-electron chi connectivity index (χ4n) is 1.65. The van der Waals surface area contributed by atoms with E-state index in [0.29, 0.717) is 6.54 Å². The molecule has 1 rings (SSSR count). The van der Waals surface area contributed by atoms with Gasteiger partial charge < -0.3 is 20.5 Å². The predicted molar refractivity (Wildman–Crippen MR) is 65.0 cm³/mol. The lowest BCUT2D eigenvalue weighted by atomic mass is 10.1. The smallest absolute Gasteiger partial charge is 0.161 e. The van der Waals surface area contributed by atoms with Crippen LogP contribution >= 0.6 is 0 Å². The molecular formula is C12H20N2O2. The summed E-state index contributed by atoms with van der Waals surface area (Å²) >= 11 is 0. The van der Waals surface area contributed by atoms with Crippen molar-refractivity contribution >= 4 is 0 Å². The minimum absolute atomic E-state index is 0.157. The molecule has 1 atom stereocenters. The molecule has 0 saturated carbocycles. The zero-order valence-electron chi connectivity index (χ0n) is 10.1. The molecule has 90 valence electrons. The van der Waals surface area contributed by atoms with Gasteiger partial charge in [0.25, 0.3) is 0 Å². The number of hydrogen-bond donors (Lipinski definition) is 2. The highest BCUT2D eigenvalue weighted by molar-refractivity contribution is 5.43. The molecule has 0 spiro atoms. The molecule has 16 heavy (non-hydrogen) atoms. The molecule has 0 radical (unpaired) electrons. The molecule has 3 N–H and O–H groups in total. The Morgan fingerprint density at radius 2 is 1.94 bits per heavy atom. The third-order valence-corrected chi connectivity index (χ3v) is 2.50. The zero-order valence-corrected chi connectivity index (χ0v) is 10.1. The van der Waals surface area contributed by atoms with Gasteiger partial charge in [-0.25, -0.2) is 0 Å². The van der Waals surface area contributed by atoms with E-state index in [9.17, 15) is 0 Å². The van der Waals surface area contributed by atoms with Crippen LogP contribution in [0.1, 0.15) is 18.5 Å². The van der Waals surface area contributed by atoms with E-state index in [2.05, 4.69) is 12.2 Å². The Kier molecular flexibility index (Phi) is 5.08. The van der Waals surface area contributed by atoms with Crippen molar-refractivity contribution in [2.45, 2.75) is 13.0 Å². The summed E-state index contributed by atoms with van der Waals surface area (Å²) in [7, 11) is 3.26. The summed E-state index contributed by atoms with van der Waals surface area (Å²) in [6.07, 6.45) is 0. The Labute approximate surface area is 96.7 Å². The van der Waals surface area contributed by atoms with E-state index >= 15 is 0 Å². The van der Waals surface area contributed by atoms with E-state index in [1.807, 2.05) is 18.2 Å². The van der Waals surface area contributed by atoms with Gasteiger partial charge >= 0.3 is 0 Å². The van der Waals surface area contributed by atoms with Crippen LogP contribution in [0.2, 0.25) is 0 Å². The second kappa shape index (κ2) is 6.35. The van der Waals surface area contributed by atoms with Gasteiger partial charge in [-0.2, -0.15) is 0 Å². The van der Waals surface area contributed by atoms with Gasteiger partial charge in [-0.05, 0) is 24.2 Å². The summed E-state index contributed by atoms with van der Waals surface area (Å²) in [5, 5.41) is 3.32. The number of nitrogens with one attached hydrogen (secondary N) is 1. The lowest BCUT2D eigenvalue weighted by Gasteiger charge is -2.17. The van der Waals surface area contributed by atoms with Gasteiger partial charge in [-0.1, -0.05) is 13.0 Å². The number of ether oxygens (including phenoxy) is 2. The van der Waals surface area contributed by atoms with E-state index in [1.54, 1.807) is 14.2 Å². The molecular weight excluding hydrogens is 204 g/mol. The minimum atomic E-state index is 0.157. The maximum Gasteiger partial charge on any atom is 0.161 e. The number of benzene rings is 1. The van der Waals surface area contributed by atoms with E-state index in [1.165, 1.54) is 0 Å². The molecule has 0 heterocycles. The van der Waals surface area contributed by atoms with Gasteiger partial charge in [0.1, 0.15) is 0 Å². The number of hydrogen-bond acceptors (Lipinski definition) is 4. The summed E-state index contributed by atoms with van der Waals surface area (Å²) in [5.74, 6) is 1.47. The van der Waals surface area contributed by atoms with E-state index in [4.69, 9.17) is 15.2 Å². The Balaban J connectivity index is 2.96. The number of nitrogens with two attached hydrogens (primary N) is 1. The summed E-state index contributed by atoms with van der Waals surface area (Å²) in [6.45, 7) is 3.50. The van der Waals surface area contributed by atoms with Crippen LogP contribution in [0, 0.1) is 0 Å². The maximum atomic E-state index is 5.72. The Bertz CT molecular complexity index is 329. The molecule has 0 aromatic heterocycles. The highest BCUT2D eigenvalue weighted by atomic mass is 16.5. The average molecular weight is 224 g/mol. The Morgan fingerprint density at radius 3 is 2.44 bits per heavy atom. The quantitative estimate of drug-likeness (QED) is 0.765. The van der Waals surface area contributed by atoms with E-state index in [-0.39, 0.29) is 6.04 Å². The van der Waals surface area contributed by atoms with Crippen LogP contribution in [-0.4, -0.2) is 27.3 Å². The number of methoxy groups -OCH3 is 2. The Hall–Kier alpha value is -1.26. The first kappa shape index (κ1) is 12.8. The van der Waals surface area contributed by atoms with Crippen molar-refractivity contribution < 1.29 is 9.47 Å². The van der Waals surface area contributed by atoms with Crippen LogP contribution in [0.25, 0.3) is 0 Å². The third-order valence-electron chi connectivity index (χ3n) is 2.50. The summed E-state index contributed by atoms with van der Waals surface area (Å²) in [5.41, 5.74) is 6.83. The van der Waals surface area contributed by atoms with Crippen molar-refractivity contribution in [1.82, 2.24) is 5.32 Å². The first-order valence-corrected chi connectivity index (χ1v) is 5.42. The Morgan fingerprint density at radius 1 is 1.25 bits per heavy atom. The molecule has 0 saturated heterocycles. The molecule has 0 aliphatic heterocycles. The molecule has 1 aromatic rings. The van der Waals surface area contributed by atoms with Crippen molar-refractivity contribution in [2.24, 2.45) is 5.73 Å². The van der Waals surface area contributed by atoms with Crippen molar-refractivity contribution in [2.75, 3.05) is 27.3 Å². The predicted octanol–water partition coefficient (Wildman–Crippen LogP) is 1.31. The standard InChI is InChI=1S/C12H20N2O2/c1-4-14-10(8-13)9-5-6-11(15-2)12(7-9)16-3/h5-7,10,14H,4,8,13H2,1-3H3. The second-order valence-electron chi connectivity index (χ2n) is 3.46. The largest absolute Gasteiger partial charge is 0.493 e. The average Bonchev–Trinajstić information content (AvgIpc) is 2.35.